The molecule has 0 fully saturated rings. The maximum Gasteiger partial charge on any atom is 0.271 e. The van der Waals surface area contributed by atoms with E-state index in [1.165, 1.54) is 0 Å². The topological polar surface area (TPSA) is 84.7 Å². The van der Waals surface area contributed by atoms with Crippen molar-refractivity contribution in [1.29, 1.82) is 0 Å². The largest absolute Gasteiger partial charge is 0.354 e. The van der Waals surface area contributed by atoms with Gasteiger partial charge in [-0.25, -0.2) is 0 Å². The zero-order valence-corrected chi connectivity index (χ0v) is 12.7. The molecular weight excluding hydrogens is 268 g/mol. The number of rotatable bonds is 5. The molecule has 112 valence electrons. The zero-order chi connectivity index (χ0) is 15.4. The molecule has 0 aliphatic carbocycles. The molecule has 2 heterocycles. The van der Waals surface area contributed by atoms with Gasteiger partial charge in [0.05, 0.1) is 11.9 Å². The van der Waals surface area contributed by atoms with E-state index in [2.05, 4.69) is 39.8 Å². The molecule has 21 heavy (non-hydrogen) atoms. The van der Waals surface area contributed by atoms with Crippen molar-refractivity contribution in [3.05, 3.63) is 29.7 Å². The fourth-order valence-electron chi connectivity index (χ4n) is 1.99. The molecule has 0 aliphatic rings. The Hall–Kier alpha value is -2.44. The average Bonchev–Trinajstić information content (AvgIpc) is 2.90. The molecule has 0 aromatic carbocycles. The molecule has 7 nitrogen and oxygen atoms in total. The lowest BCUT2D eigenvalue weighted by Gasteiger charge is -2.14. The van der Waals surface area contributed by atoms with E-state index in [1.54, 1.807) is 17.9 Å². The lowest BCUT2D eigenvalue weighted by Crippen LogP contribution is -2.22. The third-order valence-corrected chi connectivity index (χ3v) is 3.39. The second kappa shape index (κ2) is 6.34. The number of amides is 1. The predicted octanol–water partition coefficient (Wildman–Crippen LogP) is 1.83. The van der Waals surface area contributed by atoms with Crippen molar-refractivity contribution in [2.24, 2.45) is 7.05 Å². The molecule has 0 spiro atoms. The van der Waals surface area contributed by atoms with Crippen molar-refractivity contribution in [1.82, 2.24) is 25.3 Å². The Kier molecular flexibility index (Phi) is 4.52. The summed E-state index contributed by atoms with van der Waals surface area (Å²) in [6, 6.07) is 1.87. The van der Waals surface area contributed by atoms with Gasteiger partial charge in [-0.05, 0) is 24.0 Å². The maximum absolute atomic E-state index is 11.9. The number of nitrogens with zero attached hydrogens (tertiary/aromatic N) is 4. The fourth-order valence-corrected chi connectivity index (χ4v) is 1.99. The summed E-state index contributed by atoms with van der Waals surface area (Å²) in [4.78, 5) is 11.9. The summed E-state index contributed by atoms with van der Waals surface area (Å²) in [7, 11) is 3.43. The molecule has 2 N–H and O–H groups in total. The molecule has 0 bridgehead atoms. The Morgan fingerprint density at radius 1 is 1.43 bits per heavy atom. The molecule has 0 aliphatic heterocycles. The van der Waals surface area contributed by atoms with Crippen LogP contribution in [-0.4, -0.2) is 32.9 Å². The van der Waals surface area contributed by atoms with Crippen molar-refractivity contribution in [2.75, 3.05) is 12.4 Å². The Bertz CT molecular complexity index is 636. The van der Waals surface area contributed by atoms with Crippen LogP contribution < -0.4 is 10.6 Å². The summed E-state index contributed by atoms with van der Waals surface area (Å²) in [5, 5.41) is 18.0. The maximum atomic E-state index is 11.9. The first-order chi connectivity index (χ1) is 10.0. The van der Waals surface area contributed by atoms with E-state index in [4.69, 9.17) is 0 Å². The third kappa shape index (κ3) is 3.36. The molecule has 1 unspecified atom stereocenters. The molecule has 0 saturated heterocycles. The van der Waals surface area contributed by atoms with Gasteiger partial charge in [-0.1, -0.05) is 13.8 Å². The summed E-state index contributed by atoms with van der Waals surface area (Å²) in [6.45, 7) is 4.14. The summed E-state index contributed by atoms with van der Waals surface area (Å²) in [5.74, 6) is 0.610. The quantitative estimate of drug-likeness (QED) is 0.876. The van der Waals surface area contributed by atoms with E-state index in [1.807, 2.05) is 19.3 Å². The highest BCUT2D eigenvalue weighted by Crippen LogP contribution is 2.24. The van der Waals surface area contributed by atoms with Crippen LogP contribution in [-0.2, 0) is 7.05 Å². The highest BCUT2D eigenvalue weighted by molar-refractivity contribution is 5.93. The SMILES string of the molecule is CCC(C)c1cc(Nc2cnn(C)c2)nnc1C(=O)NC. The van der Waals surface area contributed by atoms with Crippen LogP contribution in [0.1, 0.15) is 42.2 Å². The summed E-state index contributed by atoms with van der Waals surface area (Å²) in [5.41, 5.74) is 2.09. The molecule has 0 radical (unpaired) electrons. The number of carbonyl (C=O) groups is 1. The zero-order valence-electron chi connectivity index (χ0n) is 12.7. The number of nitrogens with one attached hydrogen (secondary N) is 2. The van der Waals surface area contributed by atoms with Gasteiger partial charge < -0.3 is 10.6 Å². The second-order valence-electron chi connectivity index (χ2n) is 4.95. The molecule has 2 rings (SSSR count). The van der Waals surface area contributed by atoms with Crippen LogP contribution >= 0.6 is 0 Å². The van der Waals surface area contributed by atoms with Gasteiger partial charge in [0.2, 0.25) is 0 Å². The number of aryl methyl sites for hydroxylation is 1. The van der Waals surface area contributed by atoms with Gasteiger partial charge in [-0.2, -0.15) is 5.10 Å². The first-order valence-corrected chi connectivity index (χ1v) is 6.90. The number of anilines is 2. The summed E-state index contributed by atoms with van der Waals surface area (Å²) in [6.07, 6.45) is 4.47. The van der Waals surface area contributed by atoms with Gasteiger partial charge in [-0.3, -0.25) is 9.48 Å². The van der Waals surface area contributed by atoms with Crippen LogP contribution in [0.4, 0.5) is 11.5 Å². The van der Waals surface area contributed by atoms with Crippen molar-refractivity contribution < 1.29 is 4.79 Å². The smallest absolute Gasteiger partial charge is 0.271 e. The van der Waals surface area contributed by atoms with Crippen LogP contribution in [0.3, 0.4) is 0 Å². The highest BCUT2D eigenvalue weighted by atomic mass is 16.1. The van der Waals surface area contributed by atoms with Crippen LogP contribution in [0.2, 0.25) is 0 Å². The lowest BCUT2D eigenvalue weighted by molar-refractivity contribution is 0.0955. The third-order valence-electron chi connectivity index (χ3n) is 3.39. The first-order valence-electron chi connectivity index (χ1n) is 6.90. The second-order valence-corrected chi connectivity index (χ2v) is 4.95. The van der Waals surface area contributed by atoms with Crippen molar-refractivity contribution >= 4 is 17.4 Å². The highest BCUT2D eigenvalue weighted by Gasteiger charge is 2.18. The van der Waals surface area contributed by atoms with Gasteiger partial charge in [-0.15, -0.1) is 10.2 Å². The van der Waals surface area contributed by atoms with E-state index < -0.39 is 0 Å². The minimum absolute atomic E-state index is 0.217. The van der Waals surface area contributed by atoms with Crippen LogP contribution in [0.25, 0.3) is 0 Å². The van der Waals surface area contributed by atoms with Crippen molar-refractivity contribution in [2.45, 2.75) is 26.2 Å². The predicted molar refractivity (Wildman–Crippen MR) is 80.6 cm³/mol. The monoisotopic (exact) mass is 288 g/mol. The van der Waals surface area contributed by atoms with E-state index in [0.717, 1.165) is 17.7 Å². The lowest BCUT2D eigenvalue weighted by atomic mass is 9.97. The molecular formula is C14H20N6O. The molecule has 0 saturated carbocycles. The van der Waals surface area contributed by atoms with E-state index in [0.29, 0.717) is 11.5 Å². The van der Waals surface area contributed by atoms with Crippen LogP contribution in [0.5, 0.6) is 0 Å². The molecule has 1 amide bonds. The number of carbonyl (C=O) groups excluding carboxylic acids is 1. The standard InChI is InChI=1S/C14H20N6O/c1-5-9(2)11-6-12(17-10-7-16-20(4)8-10)18-19-13(11)14(21)15-3/h6-9H,5H2,1-4H3,(H,15,21)(H,17,18). The molecule has 2 aromatic rings. The normalized spacial score (nSPS) is 12.0. The summed E-state index contributed by atoms with van der Waals surface area (Å²) >= 11 is 0. The van der Waals surface area contributed by atoms with Gasteiger partial charge in [0, 0.05) is 20.3 Å². The van der Waals surface area contributed by atoms with E-state index in [9.17, 15) is 4.79 Å². The van der Waals surface area contributed by atoms with Crippen molar-refractivity contribution in [3.63, 3.8) is 0 Å². The van der Waals surface area contributed by atoms with Gasteiger partial charge in [0.1, 0.15) is 0 Å². The molecule has 2 aromatic heterocycles. The Morgan fingerprint density at radius 3 is 2.76 bits per heavy atom. The Labute approximate surface area is 123 Å². The number of aromatic nitrogens is 4. The van der Waals surface area contributed by atoms with Gasteiger partial charge in [0.15, 0.2) is 11.5 Å². The Morgan fingerprint density at radius 2 is 2.19 bits per heavy atom. The van der Waals surface area contributed by atoms with Crippen LogP contribution in [0.15, 0.2) is 18.5 Å². The number of hydrogen-bond donors (Lipinski definition) is 2. The van der Waals surface area contributed by atoms with Crippen molar-refractivity contribution in [3.8, 4) is 0 Å². The van der Waals surface area contributed by atoms with Crippen LogP contribution in [0, 0.1) is 0 Å². The first kappa shape index (κ1) is 15.0. The van der Waals surface area contributed by atoms with E-state index >= 15 is 0 Å². The minimum Gasteiger partial charge on any atom is -0.354 e. The fraction of sp³-hybridized carbons (Fsp3) is 0.429. The van der Waals surface area contributed by atoms with E-state index in [-0.39, 0.29) is 11.8 Å². The Balaban J connectivity index is 2.34. The summed E-state index contributed by atoms with van der Waals surface area (Å²) < 4.78 is 1.70. The van der Waals surface area contributed by atoms with Gasteiger partial charge in [0.25, 0.3) is 5.91 Å². The minimum atomic E-state index is -0.217. The molecule has 7 heteroatoms. The number of hydrogen-bond acceptors (Lipinski definition) is 5. The molecule has 1 atom stereocenters. The average molecular weight is 288 g/mol. The van der Waals surface area contributed by atoms with Gasteiger partial charge >= 0.3 is 0 Å².